The number of nitrogens with zero attached hydrogens (tertiary/aromatic N) is 1. The molecule has 0 bridgehead atoms. The second-order valence-corrected chi connectivity index (χ2v) is 8.50. The predicted octanol–water partition coefficient (Wildman–Crippen LogP) is 2.98. The predicted molar refractivity (Wildman–Crippen MR) is 84.4 cm³/mol. The molecule has 1 aliphatic heterocycles. The Morgan fingerprint density at radius 2 is 1.91 bits per heavy atom. The molecule has 120 valence electrons. The maximum Gasteiger partial charge on any atom is 0.302 e. The van der Waals surface area contributed by atoms with Crippen LogP contribution in [0.3, 0.4) is 0 Å². The maximum atomic E-state index is 12.9. The van der Waals surface area contributed by atoms with Crippen LogP contribution in [0.25, 0.3) is 0 Å². The zero-order chi connectivity index (χ0) is 16.0. The number of benzene rings is 1. The van der Waals surface area contributed by atoms with Gasteiger partial charge in [-0.25, -0.2) is 0 Å². The first kappa shape index (κ1) is 15.9. The van der Waals surface area contributed by atoms with Gasteiger partial charge in [-0.3, -0.25) is 4.79 Å². The molecule has 1 amide bonds. The summed E-state index contributed by atoms with van der Waals surface area (Å²) in [4.78, 5) is 14.1. The van der Waals surface area contributed by atoms with Crippen LogP contribution in [-0.2, 0) is 20.6 Å². The summed E-state index contributed by atoms with van der Waals surface area (Å²) in [6.07, 6.45) is 2.89. The summed E-state index contributed by atoms with van der Waals surface area (Å²) in [5.41, 5.74) is 0.728. The smallest absolute Gasteiger partial charge is 0.302 e. The number of carbonyl (C=O) groups excluding carboxylic acids is 1. The van der Waals surface area contributed by atoms with E-state index in [2.05, 4.69) is 15.9 Å². The summed E-state index contributed by atoms with van der Waals surface area (Å²) < 4.78 is 35.5. The molecule has 0 radical (unpaired) electrons. The van der Waals surface area contributed by atoms with Crippen molar-refractivity contribution in [1.29, 1.82) is 0 Å². The standard InChI is InChI=1S/C15H17BrFNO3S/c16-13-4-2-12(3-5-13)15(6-1-7-15)18-9-11(8-14(18)19)10-22(17,20)21/h2-5,11H,1,6-10H2. The molecule has 7 heteroatoms. The molecule has 1 aliphatic carbocycles. The van der Waals surface area contributed by atoms with Crippen LogP contribution in [0.1, 0.15) is 31.2 Å². The van der Waals surface area contributed by atoms with E-state index in [1.807, 2.05) is 24.3 Å². The zero-order valence-electron chi connectivity index (χ0n) is 12.0. The van der Waals surface area contributed by atoms with Gasteiger partial charge < -0.3 is 4.90 Å². The number of rotatable bonds is 4. The number of halogens is 2. The van der Waals surface area contributed by atoms with Gasteiger partial charge in [0.05, 0.1) is 11.3 Å². The molecule has 22 heavy (non-hydrogen) atoms. The fourth-order valence-corrected chi connectivity index (χ4v) is 4.63. The van der Waals surface area contributed by atoms with Crippen molar-refractivity contribution in [3.05, 3.63) is 34.3 Å². The van der Waals surface area contributed by atoms with Crippen molar-refractivity contribution in [3.63, 3.8) is 0 Å². The van der Waals surface area contributed by atoms with Crippen LogP contribution < -0.4 is 0 Å². The molecule has 1 saturated heterocycles. The minimum atomic E-state index is -4.54. The number of likely N-dealkylation sites (tertiary alicyclic amines) is 1. The van der Waals surface area contributed by atoms with Gasteiger partial charge in [0, 0.05) is 23.4 Å². The van der Waals surface area contributed by atoms with Crippen molar-refractivity contribution >= 4 is 32.1 Å². The number of hydrogen-bond acceptors (Lipinski definition) is 3. The molecule has 0 spiro atoms. The third-order valence-electron chi connectivity index (χ3n) is 4.72. The minimum absolute atomic E-state index is 0.0729. The molecule has 1 atom stereocenters. The highest BCUT2D eigenvalue weighted by atomic mass is 79.9. The lowest BCUT2D eigenvalue weighted by atomic mass is 9.70. The molecule has 1 unspecified atom stereocenters. The van der Waals surface area contributed by atoms with E-state index >= 15 is 0 Å². The van der Waals surface area contributed by atoms with Crippen LogP contribution >= 0.6 is 15.9 Å². The van der Waals surface area contributed by atoms with Gasteiger partial charge in [0.25, 0.3) is 0 Å². The van der Waals surface area contributed by atoms with Gasteiger partial charge in [-0.1, -0.05) is 28.1 Å². The third kappa shape index (κ3) is 2.93. The van der Waals surface area contributed by atoms with Crippen molar-refractivity contribution < 1.29 is 17.1 Å². The van der Waals surface area contributed by atoms with Crippen LogP contribution in [-0.4, -0.2) is 31.5 Å². The quantitative estimate of drug-likeness (QED) is 0.743. The van der Waals surface area contributed by atoms with Gasteiger partial charge in [0.2, 0.25) is 5.91 Å². The molecule has 0 N–H and O–H groups in total. The van der Waals surface area contributed by atoms with Crippen molar-refractivity contribution in [1.82, 2.24) is 4.90 Å². The lowest BCUT2D eigenvalue weighted by Gasteiger charge is -2.49. The topological polar surface area (TPSA) is 54.5 Å². The zero-order valence-corrected chi connectivity index (χ0v) is 14.4. The average Bonchev–Trinajstić information content (AvgIpc) is 2.69. The van der Waals surface area contributed by atoms with Gasteiger partial charge in [0.1, 0.15) is 0 Å². The number of amides is 1. The molecule has 1 saturated carbocycles. The normalized spacial score (nSPS) is 24.4. The summed E-state index contributed by atoms with van der Waals surface area (Å²) in [7, 11) is -4.54. The van der Waals surface area contributed by atoms with E-state index in [4.69, 9.17) is 0 Å². The van der Waals surface area contributed by atoms with Crippen molar-refractivity contribution in [3.8, 4) is 0 Å². The molecular formula is C15H17BrFNO3S. The lowest BCUT2D eigenvalue weighted by Crippen LogP contribution is -2.52. The Bertz CT molecular complexity index is 685. The Balaban J connectivity index is 1.85. The van der Waals surface area contributed by atoms with Gasteiger partial charge in [0.15, 0.2) is 0 Å². The Morgan fingerprint density at radius 3 is 2.41 bits per heavy atom. The third-order valence-corrected chi connectivity index (χ3v) is 6.12. The molecule has 1 aromatic carbocycles. The van der Waals surface area contributed by atoms with E-state index in [1.54, 1.807) is 4.90 Å². The summed E-state index contributed by atoms with van der Waals surface area (Å²) in [6.45, 7) is 0.318. The van der Waals surface area contributed by atoms with Gasteiger partial charge >= 0.3 is 10.2 Å². The Labute approximate surface area is 138 Å². The van der Waals surface area contributed by atoms with Crippen LogP contribution in [0.4, 0.5) is 3.89 Å². The molecule has 2 fully saturated rings. The Morgan fingerprint density at radius 1 is 1.27 bits per heavy atom. The molecule has 1 heterocycles. The second kappa shape index (κ2) is 5.60. The van der Waals surface area contributed by atoms with Crippen molar-refractivity contribution in [2.75, 3.05) is 12.3 Å². The van der Waals surface area contributed by atoms with Crippen LogP contribution in [0.2, 0.25) is 0 Å². The van der Waals surface area contributed by atoms with Crippen LogP contribution in [0, 0.1) is 5.92 Å². The van der Waals surface area contributed by atoms with Gasteiger partial charge in [-0.2, -0.15) is 8.42 Å². The molecule has 0 aromatic heterocycles. The molecule has 4 nitrogen and oxygen atoms in total. The Kier molecular flexibility index (Phi) is 4.05. The SMILES string of the molecule is O=C1CC(CS(=O)(=O)F)CN1C1(c2ccc(Br)cc2)CCC1. The first-order valence-corrected chi connectivity index (χ1v) is 9.64. The second-order valence-electron chi connectivity index (χ2n) is 6.17. The van der Waals surface area contributed by atoms with E-state index in [1.165, 1.54) is 0 Å². The highest BCUT2D eigenvalue weighted by molar-refractivity contribution is 9.10. The monoisotopic (exact) mass is 389 g/mol. The van der Waals surface area contributed by atoms with Crippen LogP contribution in [0.15, 0.2) is 28.7 Å². The molecule has 3 rings (SSSR count). The highest BCUT2D eigenvalue weighted by Gasteiger charge is 2.49. The lowest BCUT2D eigenvalue weighted by molar-refractivity contribution is -0.137. The van der Waals surface area contributed by atoms with E-state index in [0.717, 1.165) is 29.3 Å². The Hall–Kier alpha value is -0.950. The summed E-state index contributed by atoms with van der Waals surface area (Å²) in [6, 6.07) is 7.88. The highest BCUT2D eigenvalue weighted by Crippen LogP contribution is 2.49. The first-order chi connectivity index (χ1) is 10.3. The van der Waals surface area contributed by atoms with Gasteiger partial charge in [-0.15, -0.1) is 3.89 Å². The van der Waals surface area contributed by atoms with Crippen LogP contribution in [0.5, 0.6) is 0 Å². The first-order valence-electron chi connectivity index (χ1n) is 7.29. The number of carbonyl (C=O) groups is 1. The number of hydrogen-bond donors (Lipinski definition) is 0. The maximum absolute atomic E-state index is 12.9. The fourth-order valence-electron chi connectivity index (χ4n) is 3.57. The van der Waals surface area contributed by atoms with Gasteiger partial charge in [-0.05, 0) is 37.0 Å². The average molecular weight is 390 g/mol. The minimum Gasteiger partial charge on any atom is -0.333 e. The summed E-state index contributed by atoms with van der Waals surface area (Å²) >= 11 is 3.40. The van der Waals surface area contributed by atoms with Crippen molar-refractivity contribution in [2.45, 2.75) is 31.2 Å². The molecule has 2 aliphatic rings. The fraction of sp³-hybridized carbons (Fsp3) is 0.533. The largest absolute Gasteiger partial charge is 0.333 e. The van der Waals surface area contributed by atoms with E-state index in [9.17, 15) is 17.1 Å². The van der Waals surface area contributed by atoms with E-state index in [-0.39, 0.29) is 17.9 Å². The van der Waals surface area contributed by atoms with E-state index in [0.29, 0.717) is 6.54 Å². The summed E-state index contributed by atoms with van der Waals surface area (Å²) in [5, 5.41) is 0. The van der Waals surface area contributed by atoms with Crippen molar-refractivity contribution in [2.24, 2.45) is 5.92 Å². The van der Waals surface area contributed by atoms with E-state index < -0.39 is 21.9 Å². The molecular weight excluding hydrogens is 373 g/mol. The molecule has 1 aromatic rings. The summed E-state index contributed by atoms with van der Waals surface area (Å²) in [5.74, 6) is -1.09.